The van der Waals surface area contributed by atoms with E-state index in [0.717, 1.165) is 103 Å². The van der Waals surface area contributed by atoms with E-state index in [1.165, 1.54) is 141 Å². The second kappa shape index (κ2) is 58.7. The van der Waals surface area contributed by atoms with Crippen LogP contribution in [0.5, 0.6) is 0 Å². The number of phosphoric acid groups is 2. The van der Waals surface area contributed by atoms with Crippen LogP contribution in [0.3, 0.4) is 0 Å². The monoisotopic (exact) mass is 1240 g/mol. The lowest BCUT2D eigenvalue weighted by molar-refractivity contribution is -0.161. The first-order chi connectivity index (χ1) is 40.5. The van der Waals surface area contributed by atoms with Crippen LogP contribution in [-0.4, -0.2) is 96.7 Å². The van der Waals surface area contributed by atoms with Crippen molar-refractivity contribution in [3.63, 3.8) is 0 Å². The number of unbranched alkanes of at least 4 members (excludes halogenated alkanes) is 37. The van der Waals surface area contributed by atoms with Crippen molar-refractivity contribution in [1.82, 2.24) is 0 Å². The molecule has 17 nitrogen and oxygen atoms in total. The van der Waals surface area contributed by atoms with Gasteiger partial charge in [0.15, 0.2) is 12.2 Å². The van der Waals surface area contributed by atoms with E-state index in [1.807, 2.05) is 0 Å². The molecule has 5 atom stereocenters. The van der Waals surface area contributed by atoms with E-state index in [9.17, 15) is 43.2 Å². The third kappa shape index (κ3) is 59.0. The number of aliphatic hydroxyl groups is 1. The number of ether oxygens (including phenoxy) is 4. The number of carbonyl (C=O) groups is 4. The lowest BCUT2D eigenvalue weighted by atomic mass is 10.0. The van der Waals surface area contributed by atoms with Crippen LogP contribution in [-0.2, 0) is 65.4 Å². The summed E-state index contributed by atoms with van der Waals surface area (Å²) in [5.41, 5.74) is 0. The number of aliphatic hydroxyl groups excluding tert-OH is 1. The van der Waals surface area contributed by atoms with Crippen molar-refractivity contribution in [2.24, 2.45) is 5.92 Å². The smallest absolute Gasteiger partial charge is 0.462 e. The maximum absolute atomic E-state index is 13.0. The Balaban J connectivity index is 5.05. The molecule has 0 fully saturated rings. The number of phosphoric ester groups is 2. The van der Waals surface area contributed by atoms with E-state index < -0.39 is 97.5 Å². The summed E-state index contributed by atoms with van der Waals surface area (Å²) in [6.07, 6.45) is 43.9. The molecule has 0 spiro atoms. The van der Waals surface area contributed by atoms with Gasteiger partial charge in [0.05, 0.1) is 26.4 Å². The van der Waals surface area contributed by atoms with Crippen molar-refractivity contribution < 1.29 is 80.2 Å². The van der Waals surface area contributed by atoms with Crippen molar-refractivity contribution in [2.45, 2.75) is 348 Å². The Morgan fingerprint density at radius 2 is 0.548 bits per heavy atom. The Bertz CT molecular complexity index is 1640. The summed E-state index contributed by atoms with van der Waals surface area (Å²) in [4.78, 5) is 71.9. The zero-order chi connectivity index (χ0) is 62.0. The molecule has 3 N–H and O–H groups in total. The number of hydrogen-bond acceptors (Lipinski definition) is 15. The highest BCUT2D eigenvalue weighted by Crippen LogP contribution is 2.45. The highest BCUT2D eigenvalue weighted by molar-refractivity contribution is 7.47. The van der Waals surface area contributed by atoms with Crippen molar-refractivity contribution in [3.05, 3.63) is 0 Å². The minimum absolute atomic E-state index is 0.105. The summed E-state index contributed by atoms with van der Waals surface area (Å²) >= 11 is 0. The molecule has 0 heterocycles. The third-order valence-electron chi connectivity index (χ3n) is 15.0. The highest BCUT2D eigenvalue weighted by Gasteiger charge is 2.30. The highest BCUT2D eigenvalue weighted by atomic mass is 31.2. The topological polar surface area (TPSA) is 237 Å². The Labute approximate surface area is 511 Å². The molecule has 0 saturated carbocycles. The molecule has 0 aliphatic carbocycles. The maximum atomic E-state index is 13.0. The molecule has 0 amide bonds. The minimum atomic E-state index is -4.94. The fourth-order valence-corrected chi connectivity index (χ4v) is 11.3. The number of esters is 4. The van der Waals surface area contributed by atoms with Crippen LogP contribution < -0.4 is 0 Å². The maximum Gasteiger partial charge on any atom is 0.472 e. The number of rotatable bonds is 65. The SMILES string of the molecule is CCCCCCCCCCCCCCCCCCCCCCCC(=O)O[C@H](COC(=O)CCCCCCCCC(C)C)COP(=O)(O)OC[C@@H](O)COP(=O)(O)OC[C@@H](COC(=O)CCCCCCC)OC(=O)CCCCCCCCCCC. The predicted octanol–water partition coefficient (Wildman–Crippen LogP) is 18.2. The van der Waals surface area contributed by atoms with Gasteiger partial charge in [-0.25, -0.2) is 9.13 Å². The van der Waals surface area contributed by atoms with Crippen LogP contribution in [0.4, 0.5) is 0 Å². The number of hydrogen-bond donors (Lipinski definition) is 3. The second-order valence-corrected chi connectivity index (χ2v) is 26.9. The second-order valence-electron chi connectivity index (χ2n) is 24.0. The molecule has 2 unspecified atom stereocenters. The van der Waals surface area contributed by atoms with Crippen molar-refractivity contribution in [1.29, 1.82) is 0 Å². The zero-order valence-corrected chi connectivity index (χ0v) is 55.8. The molecule has 0 aromatic heterocycles. The standard InChI is InChI=1S/C65H126O17P2/c1-6-9-12-15-17-19-20-21-22-23-24-25-26-27-28-29-30-32-34-41-46-51-65(70)82-61(55-76-63(68)49-44-39-36-35-38-42-47-58(4)5)57-80-84(73,74)78-53-59(66)52-77-83(71,72)79-56-60(54-75-62(67)48-43-37-14-11-8-3)81-64(69)50-45-40-33-31-18-16-13-10-7-2/h58-61,66H,6-57H2,1-5H3,(H,71,72)(H,73,74)/t59-,60+,61+/m0/s1. The van der Waals surface area contributed by atoms with Crippen molar-refractivity contribution >= 4 is 39.5 Å². The molecule has 0 aromatic carbocycles. The summed E-state index contributed by atoms with van der Waals surface area (Å²) in [7, 11) is -9.87. The Morgan fingerprint density at radius 1 is 0.321 bits per heavy atom. The largest absolute Gasteiger partial charge is 0.472 e. The van der Waals surface area contributed by atoms with Crippen LogP contribution in [0.2, 0.25) is 0 Å². The Hall–Kier alpha value is -1.94. The quantitative estimate of drug-likeness (QED) is 0.0222. The third-order valence-corrected chi connectivity index (χ3v) is 16.9. The van der Waals surface area contributed by atoms with Gasteiger partial charge in [0.2, 0.25) is 0 Å². The summed E-state index contributed by atoms with van der Waals surface area (Å²) in [6, 6.07) is 0. The van der Waals surface area contributed by atoms with Crippen LogP contribution in [0.25, 0.3) is 0 Å². The van der Waals surface area contributed by atoms with Gasteiger partial charge in [0.1, 0.15) is 19.3 Å². The van der Waals surface area contributed by atoms with Gasteiger partial charge in [-0.05, 0) is 31.6 Å². The van der Waals surface area contributed by atoms with Crippen LogP contribution in [0.15, 0.2) is 0 Å². The first kappa shape index (κ1) is 82.1. The summed E-state index contributed by atoms with van der Waals surface area (Å²) < 4.78 is 67.7. The molecule has 84 heavy (non-hydrogen) atoms. The van der Waals surface area contributed by atoms with Crippen LogP contribution in [0, 0.1) is 5.92 Å². The minimum Gasteiger partial charge on any atom is -0.462 e. The Morgan fingerprint density at radius 3 is 0.810 bits per heavy atom. The van der Waals surface area contributed by atoms with E-state index >= 15 is 0 Å². The molecule has 0 radical (unpaired) electrons. The Kier molecular flexibility index (Phi) is 57.4. The lowest BCUT2D eigenvalue weighted by Gasteiger charge is -2.21. The fourth-order valence-electron chi connectivity index (χ4n) is 9.76. The summed E-state index contributed by atoms with van der Waals surface area (Å²) in [6.45, 7) is 7.01. The van der Waals surface area contributed by atoms with Gasteiger partial charge >= 0.3 is 39.5 Å². The predicted molar refractivity (Wildman–Crippen MR) is 335 cm³/mol. The summed E-state index contributed by atoms with van der Waals surface area (Å²) in [5, 5.41) is 10.5. The molecule has 0 rings (SSSR count). The molecular weight excluding hydrogens is 1110 g/mol. The van der Waals surface area contributed by atoms with Crippen molar-refractivity contribution in [2.75, 3.05) is 39.6 Å². The number of carbonyl (C=O) groups excluding carboxylic acids is 4. The zero-order valence-electron chi connectivity index (χ0n) is 54.0. The molecule has 0 aliphatic rings. The van der Waals surface area contributed by atoms with Gasteiger partial charge in [-0.15, -0.1) is 0 Å². The van der Waals surface area contributed by atoms with Crippen LogP contribution >= 0.6 is 15.6 Å². The van der Waals surface area contributed by atoms with Crippen LogP contribution in [0.1, 0.15) is 330 Å². The van der Waals surface area contributed by atoms with Gasteiger partial charge in [-0.3, -0.25) is 37.3 Å². The molecule has 19 heteroatoms. The normalized spacial score (nSPS) is 14.2. The van der Waals surface area contributed by atoms with Gasteiger partial charge < -0.3 is 33.8 Å². The van der Waals surface area contributed by atoms with E-state index in [0.29, 0.717) is 31.6 Å². The molecule has 0 aliphatic heterocycles. The van der Waals surface area contributed by atoms with Gasteiger partial charge in [0, 0.05) is 25.7 Å². The lowest BCUT2D eigenvalue weighted by Crippen LogP contribution is -2.30. The van der Waals surface area contributed by atoms with E-state index in [2.05, 4.69) is 34.6 Å². The molecule has 0 aromatic rings. The fraction of sp³-hybridized carbons (Fsp3) is 0.938. The molecule has 498 valence electrons. The average Bonchev–Trinajstić information content (AvgIpc) is 3.46. The summed E-state index contributed by atoms with van der Waals surface area (Å²) in [5.74, 6) is -1.47. The van der Waals surface area contributed by atoms with Crippen molar-refractivity contribution in [3.8, 4) is 0 Å². The van der Waals surface area contributed by atoms with Gasteiger partial charge in [-0.1, -0.05) is 279 Å². The van der Waals surface area contributed by atoms with Gasteiger partial charge in [-0.2, -0.15) is 0 Å². The first-order valence-electron chi connectivity index (χ1n) is 34.1. The molecular formula is C65H126O17P2. The first-order valence-corrected chi connectivity index (χ1v) is 37.1. The van der Waals surface area contributed by atoms with Gasteiger partial charge in [0.25, 0.3) is 0 Å². The molecule has 0 bridgehead atoms. The van der Waals surface area contributed by atoms with E-state index in [1.54, 1.807) is 0 Å². The average molecular weight is 1240 g/mol. The molecule has 0 saturated heterocycles. The van der Waals surface area contributed by atoms with E-state index in [-0.39, 0.29) is 25.7 Å². The van der Waals surface area contributed by atoms with E-state index in [4.69, 9.17) is 37.0 Å².